The standard InChI is InChI=1S/C13H16N2OS2/c1-7(2)11-12(16-15-13(11)14)10-5-8-6-17-4-3-9(8)18-10/h5,7H,3-4,6H2,1-2H3,(H2,14,15). The Labute approximate surface area is 115 Å². The second kappa shape index (κ2) is 4.63. The minimum absolute atomic E-state index is 0.333. The zero-order valence-corrected chi connectivity index (χ0v) is 12.2. The molecule has 0 aromatic carbocycles. The van der Waals surface area contributed by atoms with Crippen molar-refractivity contribution in [1.82, 2.24) is 5.16 Å². The van der Waals surface area contributed by atoms with E-state index in [1.807, 2.05) is 23.1 Å². The first-order chi connectivity index (χ1) is 8.66. The maximum absolute atomic E-state index is 5.90. The third-order valence-corrected chi connectivity index (χ3v) is 5.43. The Balaban J connectivity index is 2.07. The molecule has 0 spiro atoms. The lowest BCUT2D eigenvalue weighted by Gasteiger charge is -2.08. The van der Waals surface area contributed by atoms with E-state index in [9.17, 15) is 0 Å². The van der Waals surface area contributed by atoms with Gasteiger partial charge in [0.05, 0.1) is 4.88 Å². The minimum Gasteiger partial charge on any atom is -0.381 e. The highest BCUT2D eigenvalue weighted by atomic mass is 32.2. The van der Waals surface area contributed by atoms with Gasteiger partial charge >= 0.3 is 0 Å². The quantitative estimate of drug-likeness (QED) is 0.906. The Morgan fingerprint density at radius 2 is 2.28 bits per heavy atom. The molecule has 0 radical (unpaired) electrons. The van der Waals surface area contributed by atoms with Crippen LogP contribution in [-0.4, -0.2) is 10.9 Å². The summed E-state index contributed by atoms with van der Waals surface area (Å²) in [5.74, 6) is 4.07. The van der Waals surface area contributed by atoms with Gasteiger partial charge in [-0.05, 0) is 29.7 Å². The fourth-order valence-electron chi connectivity index (χ4n) is 2.30. The third kappa shape index (κ3) is 1.95. The first-order valence-electron chi connectivity index (χ1n) is 6.11. The molecule has 5 heteroatoms. The Kier molecular flexibility index (Phi) is 3.11. The largest absolute Gasteiger partial charge is 0.381 e. The number of nitrogens with zero attached hydrogens (tertiary/aromatic N) is 1. The second-order valence-corrected chi connectivity index (χ2v) is 7.07. The molecule has 0 bridgehead atoms. The zero-order chi connectivity index (χ0) is 12.7. The van der Waals surface area contributed by atoms with Crippen LogP contribution in [0.25, 0.3) is 10.6 Å². The van der Waals surface area contributed by atoms with E-state index >= 15 is 0 Å². The monoisotopic (exact) mass is 280 g/mol. The highest BCUT2D eigenvalue weighted by Gasteiger charge is 2.22. The summed E-state index contributed by atoms with van der Waals surface area (Å²) in [5, 5.41) is 3.92. The molecule has 3 heterocycles. The molecule has 0 atom stereocenters. The molecule has 2 aromatic heterocycles. The van der Waals surface area contributed by atoms with Crippen LogP contribution in [0.2, 0.25) is 0 Å². The maximum atomic E-state index is 5.90. The van der Waals surface area contributed by atoms with Crippen LogP contribution in [0.5, 0.6) is 0 Å². The van der Waals surface area contributed by atoms with Crippen LogP contribution in [0.15, 0.2) is 10.6 Å². The van der Waals surface area contributed by atoms with Gasteiger partial charge in [-0.3, -0.25) is 0 Å². The molecule has 2 N–H and O–H groups in total. The van der Waals surface area contributed by atoms with Gasteiger partial charge in [0.2, 0.25) is 0 Å². The van der Waals surface area contributed by atoms with Crippen LogP contribution in [0.4, 0.5) is 5.82 Å². The summed E-state index contributed by atoms with van der Waals surface area (Å²) in [7, 11) is 0. The maximum Gasteiger partial charge on any atom is 0.182 e. The number of nitrogen functional groups attached to an aromatic ring is 1. The summed E-state index contributed by atoms with van der Waals surface area (Å²) in [5.41, 5.74) is 8.39. The van der Waals surface area contributed by atoms with E-state index < -0.39 is 0 Å². The van der Waals surface area contributed by atoms with Gasteiger partial charge in [0.1, 0.15) is 0 Å². The molecule has 96 valence electrons. The molecular weight excluding hydrogens is 264 g/mol. The van der Waals surface area contributed by atoms with Gasteiger partial charge in [-0.1, -0.05) is 19.0 Å². The van der Waals surface area contributed by atoms with Crippen molar-refractivity contribution in [2.45, 2.75) is 31.9 Å². The summed E-state index contributed by atoms with van der Waals surface area (Å²) in [6.45, 7) is 4.24. The van der Waals surface area contributed by atoms with E-state index in [4.69, 9.17) is 10.3 Å². The smallest absolute Gasteiger partial charge is 0.182 e. The van der Waals surface area contributed by atoms with Crippen LogP contribution >= 0.6 is 23.1 Å². The number of nitrogens with two attached hydrogens (primary N) is 1. The summed E-state index contributed by atoms with van der Waals surface area (Å²) in [6, 6.07) is 2.25. The normalized spacial score (nSPS) is 15.1. The van der Waals surface area contributed by atoms with Crippen molar-refractivity contribution in [3.05, 3.63) is 22.1 Å². The Hall–Kier alpha value is -0.940. The number of thiophene rings is 1. The minimum atomic E-state index is 0.333. The molecule has 3 nitrogen and oxygen atoms in total. The molecule has 0 aliphatic carbocycles. The number of aryl methyl sites for hydroxylation is 1. The topological polar surface area (TPSA) is 52.0 Å². The highest BCUT2D eigenvalue weighted by molar-refractivity contribution is 7.98. The van der Waals surface area contributed by atoms with Gasteiger partial charge in [0, 0.05) is 16.2 Å². The Bertz CT molecular complexity index is 548. The summed E-state index contributed by atoms with van der Waals surface area (Å²) in [6.07, 6.45) is 1.17. The molecule has 2 aromatic rings. The molecule has 0 saturated heterocycles. The van der Waals surface area contributed by atoms with E-state index in [1.165, 1.54) is 27.5 Å². The number of anilines is 1. The number of hydrogen-bond acceptors (Lipinski definition) is 5. The van der Waals surface area contributed by atoms with E-state index in [-0.39, 0.29) is 0 Å². The Morgan fingerprint density at radius 1 is 1.44 bits per heavy atom. The van der Waals surface area contributed by atoms with Crippen molar-refractivity contribution in [1.29, 1.82) is 0 Å². The molecule has 0 saturated carbocycles. The van der Waals surface area contributed by atoms with Crippen LogP contribution in [-0.2, 0) is 12.2 Å². The van der Waals surface area contributed by atoms with Crippen LogP contribution in [0.3, 0.4) is 0 Å². The van der Waals surface area contributed by atoms with Gasteiger partial charge in [-0.15, -0.1) is 11.3 Å². The van der Waals surface area contributed by atoms with E-state index in [2.05, 4.69) is 25.1 Å². The lowest BCUT2D eigenvalue weighted by Crippen LogP contribution is -1.96. The predicted molar refractivity (Wildman–Crippen MR) is 78.2 cm³/mol. The van der Waals surface area contributed by atoms with Crippen LogP contribution in [0.1, 0.15) is 35.8 Å². The van der Waals surface area contributed by atoms with Crippen LogP contribution < -0.4 is 5.73 Å². The van der Waals surface area contributed by atoms with Gasteiger partial charge < -0.3 is 10.3 Å². The lowest BCUT2D eigenvalue weighted by molar-refractivity contribution is 0.435. The Morgan fingerprint density at radius 3 is 3.00 bits per heavy atom. The van der Waals surface area contributed by atoms with Crippen molar-refractivity contribution in [3.63, 3.8) is 0 Å². The van der Waals surface area contributed by atoms with Gasteiger partial charge in [-0.25, -0.2) is 0 Å². The molecule has 0 amide bonds. The number of rotatable bonds is 2. The SMILES string of the molecule is CC(C)c1c(N)noc1-c1cc2c(s1)CCSC2. The molecule has 0 fully saturated rings. The van der Waals surface area contributed by atoms with E-state index in [0.717, 1.165) is 17.1 Å². The average molecular weight is 280 g/mol. The third-order valence-electron chi connectivity index (χ3n) is 3.18. The van der Waals surface area contributed by atoms with Crippen molar-refractivity contribution in [3.8, 4) is 10.6 Å². The summed E-state index contributed by atoms with van der Waals surface area (Å²) < 4.78 is 5.45. The first-order valence-corrected chi connectivity index (χ1v) is 8.08. The average Bonchev–Trinajstić information content (AvgIpc) is 2.91. The van der Waals surface area contributed by atoms with Gasteiger partial charge in [0.15, 0.2) is 11.6 Å². The fourth-order valence-corrected chi connectivity index (χ4v) is 4.67. The first kappa shape index (κ1) is 12.1. The summed E-state index contributed by atoms with van der Waals surface area (Å²) in [4.78, 5) is 2.67. The van der Waals surface area contributed by atoms with E-state index in [1.54, 1.807) is 0 Å². The lowest BCUT2D eigenvalue weighted by atomic mass is 10.0. The van der Waals surface area contributed by atoms with Crippen molar-refractivity contribution >= 4 is 28.9 Å². The number of thioether (sulfide) groups is 1. The number of hydrogen-bond donors (Lipinski definition) is 1. The molecule has 0 unspecified atom stereocenters. The molecule has 1 aliphatic heterocycles. The zero-order valence-electron chi connectivity index (χ0n) is 10.5. The van der Waals surface area contributed by atoms with Crippen molar-refractivity contribution in [2.24, 2.45) is 0 Å². The second-order valence-electron chi connectivity index (χ2n) is 4.83. The van der Waals surface area contributed by atoms with Crippen molar-refractivity contribution in [2.75, 3.05) is 11.5 Å². The van der Waals surface area contributed by atoms with Gasteiger partial charge in [0.25, 0.3) is 0 Å². The molecular formula is C13H16N2OS2. The molecule has 3 rings (SSSR count). The number of fused-ring (bicyclic) bond motifs is 1. The van der Waals surface area contributed by atoms with Crippen LogP contribution in [0, 0.1) is 0 Å². The van der Waals surface area contributed by atoms with E-state index in [0.29, 0.717) is 11.7 Å². The van der Waals surface area contributed by atoms with Gasteiger partial charge in [-0.2, -0.15) is 11.8 Å². The highest BCUT2D eigenvalue weighted by Crippen LogP contribution is 2.41. The summed E-state index contributed by atoms with van der Waals surface area (Å²) >= 11 is 3.83. The van der Waals surface area contributed by atoms with Crippen molar-refractivity contribution < 1.29 is 4.52 Å². The fraction of sp³-hybridized carbons (Fsp3) is 0.462. The predicted octanol–water partition coefficient (Wildman–Crippen LogP) is 3.90. The molecule has 1 aliphatic rings. The number of aromatic nitrogens is 1. The molecule has 18 heavy (non-hydrogen) atoms.